The fourth-order valence-electron chi connectivity index (χ4n) is 1.50. The van der Waals surface area contributed by atoms with Gasteiger partial charge in [0.05, 0.1) is 11.1 Å². The quantitative estimate of drug-likeness (QED) is 0.752. The predicted octanol–water partition coefficient (Wildman–Crippen LogP) is 3.03. The molecule has 0 saturated heterocycles. The van der Waals surface area contributed by atoms with E-state index in [0.717, 1.165) is 12.1 Å². The Hall–Kier alpha value is -1.59. The molecule has 0 aliphatic carbocycles. The maximum Gasteiger partial charge on any atom is 0.416 e. The van der Waals surface area contributed by atoms with Crippen LogP contribution in [0.3, 0.4) is 0 Å². The standard InChI is InChI=1S/C10H10F3N3/c1-6(2)16-9-4-3-7(10(11,12)13)5-8(9)14-15-16/h3-6H,1-2H3. The molecule has 6 heteroatoms. The normalized spacial score (nSPS) is 12.6. The van der Waals surface area contributed by atoms with Gasteiger partial charge in [0.2, 0.25) is 0 Å². The third-order valence-corrected chi connectivity index (χ3v) is 2.29. The van der Waals surface area contributed by atoms with E-state index in [4.69, 9.17) is 0 Å². The van der Waals surface area contributed by atoms with E-state index in [1.54, 1.807) is 4.68 Å². The van der Waals surface area contributed by atoms with Gasteiger partial charge in [-0.2, -0.15) is 13.2 Å². The minimum absolute atomic E-state index is 0.0711. The largest absolute Gasteiger partial charge is 0.416 e. The maximum absolute atomic E-state index is 12.4. The third kappa shape index (κ3) is 1.75. The van der Waals surface area contributed by atoms with Gasteiger partial charge >= 0.3 is 6.18 Å². The van der Waals surface area contributed by atoms with Crippen molar-refractivity contribution in [2.24, 2.45) is 0 Å². The summed E-state index contributed by atoms with van der Waals surface area (Å²) in [7, 11) is 0. The Morgan fingerprint density at radius 1 is 1.25 bits per heavy atom. The second-order valence-electron chi connectivity index (χ2n) is 3.83. The van der Waals surface area contributed by atoms with E-state index in [-0.39, 0.29) is 11.6 Å². The Labute approximate surface area is 89.9 Å². The van der Waals surface area contributed by atoms with E-state index in [0.29, 0.717) is 5.52 Å². The molecule has 0 atom stereocenters. The van der Waals surface area contributed by atoms with Gasteiger partial charge in [0, 0.05) is 6.04 Å². The van der Waals surface area contributed by atoms with Gasteiger partial charge in [0.1, 0.15) is 5.52 Å². The SMILES string of the molecule is CC(C)n1nnc2cc(C(F)(F)F)ccc21. The van der Waals surface area contributed by atoms with Crippen molar-refractivity contribution in [1.82, 2.24) is 15.0 Å². The maximum atomic E-state index is 12.4. The fraction of sp³-hybridized carbons (Fsp3) is 0.400. The van der Waals surface area contributed by atoms with Crippen molar-refractivity contribution in [2.45, 2.75) is 26.1 Å². The highest BCUT2D eigenvalue weighted by Crippen LogP contribution is 2.31. The summed E-state index contributed by atoms with van der Waals surface area (Å²) in [6.45, 7) is 3.79. The molecule has 2 rings (SSSR count). The van der Waals surface area contributed by atoms with Gasteiger partial charge in [0.15, 0.2) is 0 Å². The summed E-state index contributed by atoms with van der Waals surface area (Å²) in [6.07, 6.45) is -4.34. The van der Waals surface area contributed by atoms with Gasteiger partial charge in [-0.25, -0.2) is 4.68 Å². The zero-order valence-corrected chi connectivity index (χ0v) is 8.78. The molecule has 16 heavy (non-hydrogen) atoms. The number of alkyl halides is 3. The Morgan fingerprint density at radius 2 is 1.94 bits per heavy atom. The lowest BCUT2D eigenvalue weighted by Gasteiger charge is -2.07. The van der Waals surface area contributed by atoms with Crippen LogP contribution in [0.4, 0.5) is 13.2 Å². The molecule has 0 radical (unpaired) electrons. The average Bonchev–Trinajstić information content (AvgIpc) is 2.58. The Kier molecular flexibility index (Phi) is 2.36. The minimum atomic E-state index is -4.34. The molecule has 0 unspecified atom stereocenters. The number of hydrogen-bond acceptors (Lipinski definition) is 2. The molecule has 2 aromatic rings. The molecule has 0 spiro atoms. The van der Waals surface area contributed by atoms with E-state index in [2.05, 4.69) is 10.3 Å². The zero-order chi connectivity index (χ0) is 11.9. The summed E-state index contributed by atoms with van der Waals surface area (Å²) in [4.78, 5) is 0. The van der Waals surface area contributed by atoms with Crippen LogP contribution in [0, 0.1) is 0 Å². The van der Waals surface area contributed by atoms with E-state index in [1.165, 1.54) is 6.07 Å². The Morgan fingerprint density at radius 3 is 2.50 bits per heavy atom. The van der Waals surface area contributed by atoms with Crippen molar-refractivity contribution in [1.29, 1.82) is 0 Å². The molecule has 0 saturated carbocycles. The fourth-order valence-corrected chi connectivity index (χ4v) is 1.50. The monoisotopic (exact) mass is 229 g/mol. The van der Waals surface area contributed by atoms with Crippen LogP contribution >= 0.6 is 0 Å². The topological polar surface area (TPSA) is 30.7 Å². The summed E-state index contributed by atoms with van der Waals surface area (Å²) < 4.78 is 38.9. The molecule has 1 aromatic carbocycles. The number of benzene rings is 1. The van der Waals surface area contributed by atoms with Gasteiger partial charge in [-0.3, -0.25) is 0 Å². The van der Waals surface area contributed by atoms with Gasteiger partial charge in [-0.1, -0.05) is 5.21 Å². The second kappa shape index (κ2) is 3.47. The minimum Gasteiger partial charge on any atom is -0.242 e. The Bertz CT molecular complexity index is 513. The highest BCUT2D eigenvalue weighted by atomic mass is 19.4. The molecule has 0 amide bonds. The van der Waals surface area contributed by atoms with Gasteiger partial charge < -0.3 is 0 Å². The average molecular weight is 229 g/mol. The van der Waals surface area contributed by atoms with Crippen LogP contribution < -0.4 is 0 Å². The molecular formula is C10H10F3N3. The van der Waals surface area contributed by atoms with Gasteiger partial charge in [0.25, 0.3) is 0 Å². The van der Waals surface area contributed by atoms with Crippen LogP contribution in [0.5, 0.6) is 0 Å². The molecule has 86 valence electrons. The van der Waals surface area contributed by atoms with Gasteiger partial charge in [-0.15, -0.1) is 5.10 Å². The van der Waals surface area contributed by atoms with Crippen molar-refractivity contribution in [2.75, 3.05) is 0 Å². The molecule has 0 N–H and O–H groups in total. The van der Waals surface area contributed by atoms with E-state index < -0.39 is 11.7 Å². The molecule has 0 aliphatic heterocycles. The van der Waals surface area contributed by atoms with Crippen LogP contribution in [-0.4, -0.2) is 15.0 Å². The van der Waals surface area contributed by atoms with Crippen molar-refractivity contribution in [3.8, 4) is 0 Å². The second-order valence-corrected chi connectivity index (χ2v) is 3.83. The molecule has 3 nitrogen and oxygen atoms in total. The summed E-state index contributed by atoms with van der Waals surface area (Å²) in [5.41, 5.74) is 0.183. The third-order valence-electron chi connectivity index (χ3n) is 2.29. The van der Waals surface area contributed by atoms with Crippen LogP contribution in [0.2, 0.25) is 0 Å². The summed E-state index contributed by atoms with van der Waals surface area (Å²) >= 11 is 0. The van der Waals surface area contributed by atoms with Crippen molar-refractivity contribution >= 4 is 11.0 Å². The number of aromatic nitrogens is 3. The van der Waals surface area contributed by atoms with Crippen LogP contribution in [0.15, 0.2) is 18.2 Å². The molecule has 0 fully saturated rings. The van der Waals surface area contributed by atoms with E-state index in [1.807, 2.05) is 13.8 Å². The number of nitrogens with zero attached hydrogens (tertiary/aromatic N) is 3. The number of fused-ring (bicyclic) bond motifs is 1. The summed E-state index contributed by atoms with van der Waals surface area (Å²) in [5.74, 6) is 0. The highest BCUT2D eigenvalue weighted by molar-refractivity contribution is 5.75. The molecule has 1 heterocycles. The smallest absolute Gasteiger partial charge is 0.242 e. The molecule has 1 aromatic heterocycles. The molecular weight excluding hydrogens is 219 g/mol. The molecule has 0 aliphatic rings. The van der Waals surface area contributed by atoms with Crippen molar-refractivity contribution < 1.29 is 13.2 Å². The predicted molar refractivity (Wildman–Crippen MR) is 52.9 cm³/mol. The number of rotatable bonds is 1. The van der Waals surface area contributed by atoms with Crippen LogP contribution in [0.1, 0.15) is 25.5 Å². The first-order valence-corrected chi connectivity index (χ1v) is 4.82. The lowest BCUT2D eigenvalue weighted by atomic mass is 10.2. The van der Waals surface area contributed by atoms with Crippen LogP contribution in [0.25, 0.3) is 11.0 Å². The lowest BCUT2D eigenvalue weighted by Crippen LogP contribution is -2.05. The van der Waals surface area contributed by atoms with Crippen LogP contribution in [-0.2, 0) is 6.18 Å². The molecule has 0 bridgehead atoms. The first-order chi connectivity index (χ1) is 7.39. The highest BCUT2D eigenvalue weighted by Gasteiger charge is 2.31. The summed E-state index contributed by atoms with van der Waals surface area (Å²) in [5, 5.41) is 7.54. The lowest BCUT2D eigenvalue weighted by molar-refractivity contribution is -0.137. The van der Waals surface area contributed by atoms with Crippen molar-refractivity contribution in [3.05, 3.63) is 23.8 Å². The Balaban J connectivity index is 2.58. The summed E-state index contributed by atoms with van der Waals surface area (Å²) in [6, 6.07) is 3.53. The zero-order valence-electron chi connectivity index (χ0n) is 8.78. The van der Waals surface area contributed by atoms with Crippen molar-refractivity contribution in [3.63, 3.8) is 0 Å². The van der Waals surface area contributed by atoms with E-state index >= 15 is 0 Å². The first kappa shape index (κ1) is 10.9. The van der Waals surface area contributed by atoms with E-state index in [9.17, 15) is 13.2 Å². The number of halogens is 3. The first-order valence-electron chi connectivity index (χ1n) is 4.82. The number of hydrogen-bond donors (Lipinski definition) is 0. The van der Waals surface area contributed by atoms with Gasteiger partial charge in [-0.05, 0) is 32.0 Å².